The first kappa shape index (κ1) is 38.7. The Hall–Kier alpha value is -3.56. The van der Waals surface area contributed by atoms with Gasteiger partial charge in [-0.2, -0.15) is 0 Å². The number of allylic oxidation sites excluding steroid dienone is 2. The van der Waals surface area contributed by atoms with Crippen molar-refractivity contribution in [1.82, 2.24) is 5.06 Å². The van der Waals surface area contributed by atoms with E-state index in [1.165, 1.54) is 32.1 Å². The van der Waals surface area contributed by atoms with E-state index in [-0.39, 0.29) is 18.0 Å². The van der Waals surface area contributed by atoms with Gasteiger partial charge in [0.05, 0.1) is 5.92 Å². The van der Waals surface area contributed by atoms with Crippen molar-refractivity contribution >= 4 is 29.8 Å². The minimum Gasteiger partial charge on any atom is -0.462 e. The van der Waals surface area contributed by atoms with Crippen LogP contribution in [0.1, 0.15) is 109 Å². The minimum absolute atomic E-state index is 0.154. The van der Waals surface area contributed by atoms with Gasteiger partial charge in [0.25, 0.3) is 0 Å². The number of piperidine rings is 1. The van der Waals surface area contributed by atoms with E-state index in [0.717, 1.165) is 32.1 Å². The van der Waals surface area contributed by atoms with E-state index in [4.69, 9.17) is 4.74 Å². The van der Waals surface area contributed by atoms with Gasteiger partial charge in [0.1, 0.15) is 6.10 Å². The molecule has 1 heterocycles. The summed E-state index contributed by atoms with van der Waals surface area (Å²) in [6.07, 6.45) is 10.2. The molecule has 4 nitrogen and oxygen atoms in total. The second-order valence-electron chi connectivity index (χ2n) is 15.6. The average Bonchev–Trinajstić information content (AvgIpc) is 3.13. The van der Waals surface area contributed by atoms with E-state index in [1.807, 2.05) is 34.6 Å². The monoisotopic (exact) mass is 702 g/mol. The standard InChI is InChI=1S/C46H57NO3P/c1-7-36(38-28-30-43(31-29-38)51(41-24-16-10-17-25-41)42-26-18-11-19-27-42)32-39(37-21-13-9-14-22-37)23-15-8-12-20-35(2)44(48)50-40-33-45(3,4)47(49)46(5,6)34-40/h8-11,13-19,21-22,24-31,35-36,39-40H,7,12,20,23,32-34H2,1-6H3/b15-8+. The number of hydrogen-bond donors (Lipinski definition) is 0. The molecule has 0 saturated carbocycles. The molecular weight excluding hydrogens is 645 g/mol. The molecule has 0 bridgehead atoms. The fourth-order valence-corrected chi connectivity index (χ4v) is 10.1. The van der Waals surface area contributed by atoms with E-state index in [2.05, 4.69) is 134 Å². The van der Waals surface area contributed by atoms with Gasteiger partial charge in [0.15, 0.2) is 0 Å². The highest BCUT2D eigenvalue weighted by Gasteiger charge is 2.47. The molecule has 3 atom stereocenters. The third-order valence-corrected chi connectivity index (χ3v) is 13.0. The topological polar surface area (TPSA) is 49.4 Å². The van der Waals surface area contributed by atoms with Gasteiger partial charge in [0.2, 0.25) is 0 Å². The maximum absolute atomic E-state index is 13.0. The van der Waals surface area contributed by atoms with Crippen LogP contribution in [0.2, 0.25) is 0 Å². The number of carbonyl (C=O) groups excluding carboxylic acids is 1. The number of esters is 1. The Bertz CT molecular complexity index is 1610. The Balaban J connectivity index is 1.20. The molecule has 1 saturated heterocycles. The third-order valence-electron chi connectivity index (χ3n) is 10.6. The first-order valence-corrected chi connectivity index (χ1v) is 20.2. The SMILES string of the molecule is CCC(CC(C/C=C/CCC(C)C(=O)OC1CC(C)(C)N([O])C(C)(C)C1)c1ccccc1)c1ccc(P(c2ccccc2)c2ccccc2)cc1. The van der Waals surface area contributed by atoms with Gasteiger partial charge in [-0.3, -0.25) is 4.79 Å². The number of carbonyl (C=O) groups is 1. The molecule has 1 radical (unpaired) electrons. The highest BCUT2D eigenvalue weighted by Crippen LogP contribution is 2.39. The summed E-state index contributed by atoms with van der Waals surface area (Å²) in [5, 5.41) is 18.0. The minimum atomic E-state index is -0.621. The Morgan fingerprint density at radius 1 is 0.745 bits per heavy atom. The van der Waals surface area contributed by atoms with Gasteiger partial charge in [0, 0.05) is 23.9 Å². The molecule has 269 valence electrons. The van der Waals surface area contributed by atoms with Crippen molar-refractivity contribution in [2.45, 2.75) is 116 Å². The van der Waals surface area contributed by atoms with Crippen LogP contribution in [0.25, 0.3) is 0 Å². The molecule has 5 rings (SSSR count). The number of ether oxygens (including phenoxy) is 1. The summed E-state index contributed by atoms with van der Waals surface area (Å²) in [6.45, 7) is 12.0. The van der Waals surface area contributed by atoms with Crippen LogP contribution in [0, 0.1) is 5.92 Å². The zero-order valence-corrected chi connectivity index (χ0v) is 32.4. The Morgan fingerprint density at radius 2 is 1.24 bits per heavy atom. The predicted octanol–water partition coefficient (Wildman–Crippen LogP) is 10.4. The maximum Gasteiger partial charge on any atom is 0.308 e. The number of hydroxylamine groups is 2. The highest BCUT2D eigenvalue weighted by atomic mass is 31.1. The van der Waals surface area contributed by atoms with Crippen LogP contribution in [0.3, 0.4) is 0 Å². The van der Waals surface area contributed by atoms with Crippen molar-refractivity contribution in [3.05, 3.63) is 139 Å². The largest absolute Gasteiger partial charge is 0.462 e. The molecule has 3 unspecified atom stereocenters. The summed E-state index contributed by atoms with van der Waals surface area (Å²) < 4.78 is 5.96. The van der Waals surface area contributed by atoms with E-state index < -0.39 is 19.0 Å². The summed E-state index contributed by atoms with van der Waals surface area (Å²) in [4.78, 5) is 13.0. The van der Waals surface area contributed by atoms with Crippen molar-refractivity contribution in [3.63, 3.8) is 0 Å². The molecule has 5 heteroatoms. The molecule has 0 aromatic heterocycles. The van der Waals surface area contributed by atoms with E-state index in [1.54, 1.807) is 0 Å². The quantitative estimate of drug-likeness (QED) is 0.0704. The van der Waals surface area contributed by atoms with E-state index in [9.17, 15) is 10.0 Å². The van der Waals surface area contributed by atoms with Gasteiger partial charge < -0.3 is 4.74 Å². The zero-order valence-electron chi connectivity index (χ0n) is 31.5. The number of benzene rings is 4. The van der Waals surface area contributed by atoms with Gasteiger partial charge in [-0.15, -0.1) is 10.3 Å². The van der Waals surface area contributed by atoms with Crippen molar-refractivity contribution in [1.29, 1.82) is 0 Å². The zero-order chi connectivity index (χ0) is 36.4. The summed E-state index contributed by atoms with van der Waals surface area (Å²) in [7, 11) is -0.621. The molecule has 1 aliphatic heterocycles. The summed E-state index contributed by atoms with van der Waals surface area (Å²) in [5.74, 6) is 0.515. The molecule has 0 N–H and O–H groups in total. The number of rotatable bonds is 15. The fraction of sp³-hybridized carbons (Fsp3) is 0.413. The smallest absolute Gasteiger partial charge is 0.308 e. The summed E-state index contributed by atoms with van der Waals surface area (Å²) in [5.41, 5.74) is 1.67. The van der Waals surface area contributed by atoms with Crippen molar-refractivity contribution in [3.8, 4) is 0 Å². The van der Waals surface area contributed by atoms with Crippen LogP contribution in [0.15, 0.2) is 127 Å². The van der Waals surface area contributed by atoms with Crippen molar-refractivity contribution in [2.24, 2.45) is 5.92 Å². The Kier molecular flexibility index (Phi) is 13.5. The lowest BCUT2D eigenvalue weighted by molar-refractivity contribution is -0.299. The van der Waals surface area contributed by atoms with Crippen LogP contribution in [0.5, 0.6) is 0 Å². The van der Waals surface area contributed by atoms with Crippen LogP contribution < -0.4 is 15.9 Å². The normalized spacial score (nSPS) is 18.0. The second-order valence-corrected chi connectivity index (χ2v) is 17.8. The molecule has 1 aliphatic rings. The van der Waals surface area contributed by atoms with Crippen LogP contribution in [-0.4, -0.2) is 28.2 Å². The predicted molar refractivity (Wildman–Crippen MR) is 214 cm³/mol. The first-order valence-electron chi connectivity index (χ1n) is 18.9. The molecule has 4 aromatic carbocycles. The summed E-state index contributed by atoms with van der Waals surface area (Å²) >= 11 is 0. The first-order chi connectivity index (χ1) is 24.5. The van der Waals surface area contributed by atoms with Crippen LogP contribution >= 0.6 is 7.92 Å². The second kappa shape index (κ2) is 17.8. The molecule has 1 fully saturated rings. The van der Waals surface area contributed by atoms with Crippen LogP contribution in [-0.2, 0) is 14.7 Å². The van der Waals surface area contributed by atoms with Gasteiger partial charge >= 0.3 is 5.97 Å². The molecule has 51 heavy (non-hydrogen) atoms. The third kappa shape index (κ3) is 10.3. The van der Waals surface area contributed by atoms with E-state index >= 15 is 0 Å². The van der Waals surface area contributed by atoms with Crippen molar-refractivity contribution < 1.29 is 14.7 Å². The van der Waals surface area contributed by atoms with Gasteiger partial charge in [-0.1, -0.05) is 141 Å². The number of hydrogen-bond acceptors (Lipinski definition) is 3. The van der Waals surface area contributed by atoms with Crippen molar-refractivity contribution in [2.75, 3.05) is 0 Å². The van der Waals surface area contributed by atoms with E-state index in [0.29, 0.717) is 24.7 Å². The highest BCUT2D eigenvalue weighted by molar-refractivity contribution is 7.79. The Labute approximate surface area is 308 Å². The fourth-order valence-electron chi connectivity index (χ4n) is 7.85. The lowest BCUT2D eigenvalue weighted by Gasteiger charge is -2.49. The Morgan fingerprint density at radius 3 is 1.76 bits per heavy atom. The molecule has 0 aliphatic carbocycles. The lowest BCUT2D eigenvalue weighted by atomic mass is 9.80. The number of nitrogens with zero attached hydrogens (tertiary/aromatic N) is 1. The van der Waals surface area contributed by atoms with Gasteiger partial charge in [-0.05, 0) is 107 Å². The average molecular weight is 703 g/mol. The molecule has 0 spiro atoms. The maximum atomic E-state index is 13.0. The molecular formula is C46H57NO3P. The van der Waals surface area contributed by atoms with Gasteiger partial charge in [-0.25, -0.2) is 0 Å². The molecule has 0 amide bonds. The molecule has 4 aromatic rings. The lowest BCUT2D eigenvalue weighted by Crippen LogP contribution is -2.60. The summed E-state index contributed by atoms with van der Waals surface area (Å²) in [6, 6.07) is 42.2. The van der Waals surface area contributed by atoms with Crippen LogP contribution in [0.4, 0.5) is 0 Å².